The Bertz CT molecular complexity index is 543. The van der Waals surface area contributed by atoms with Crippen LogP contribution < -0.4 is 11.3 Å². The Kier molecular flexibility index (Phi) is 4.06. The maximum Gasteiger partial charge on any atom is 0.281 e. The number of nitrogen functional groups attached to an aromatic ring is 1. The van der Waals surface area contributed by atoms with E-state index in [4.69, 9.17) is 10.3 Å². The van der Waals surface area contributed by atoms with E-state index in [0.29, 0.717) is 12.1 Å². The molecular weight excluding hydrogens is 242 g/mol. The summed E-state index contributed by atoms with van der Waals surface area (Å²) >= 11 is 0. The minimum Gasteiger partial charge on any atom is -0.469 e. The lowest BCUT2D eigenvalue weighted by Crippen LogP contribution is -2.32. The molecule has 2 heterocycles. The molecule has 0 aromatic carbocycles. The summed E-state index contributed by atoms with van der Waals surface area (Å²) in [6, 6.07) is 7.76. The van der Waals surface area contributed by atoms with Gasteiger partial charge in [-0.1, -0.05) is 6.92 Å². The Balaban J connectivity index is 2.37. The van der Waals surface area contributed by atoms with Crippen LogP contribution in [0.1, 0.15) is 48.3 Å². The van der Waals surface area contributed by atoms with Gasteiger partial charge in [0.05, 0.1) is 6.26 Å². The fourth-order valence-corrected chi connectivity index (χ4v) is 2.19. The van der Waals surface area contributed by atoms with Crippen LogP contribution in [0.15, 0.2) is 34.9 Å². The molecule has 0 aliphatic carbocycles. The van der Waals surface area contributed by atoms with Crippen LogP contribution in [-0.4, -0.2) is 10.5 Å². The molecule has 0 spiro atoms. The lowest BCUT2D eigenvalue weighted by atomic mass is 10.2. The molecule has 3 N–H and O–H groups in total. The highest BCUT2D eigenvalue weighted by Crippen LogP contribution is 2.21. The third kappa shape index (κ3) is 2.71. The van der Waals surface area contributed by atoms with Gasteiger partial charge in [-0.15, -0.1) is 0 Å². The van der Waals surface area contributed by atoms with Gasteiger partial charge in [0.25, 0.3) is 5.91 Å². The van der Waals surface area contributed by atoms with Crippen molar-refractivity contribution in [2.75, 3.05) is 0 Å². The Morgan fingerprint density at radius 1 is 1.47 bits per heavy atom. The largest absolute Gasteiger partial charge is 0.469 e. The highest BCUT2D eigenvalue weighted by atomic mass is 16.3. The topological polar surface area (TPSA) is 73.2 Å². The van der Waals surface area contributed by atoms with Crippen molar-refractivity contribution in [2.45, 2.75) is 32.7 Å². The molecule has 0 saturated carbocycles. The van der Waals surface area contributed by atoms with Crippen LogP contribution in [0, 0.1) is 0 Å². The zero-order valence-electron chi connectivity index (χ0n) is 11.2. The number of rotatable bonds is 5. The van der Waals surface area contributed by atoms with E-state index in [2.05, 4.69) is 19.3 Å². The Hall–Kier alpha value is -2.01. The first-order valence-electron chi connectivity index (χ1n) is 6.40. The maximum absolute atomic E-state index is 11.8. The summed E-state index contributed by atoms with van der Waals surface area (Å²) in [5.74, 6) is 5.83. The van der Waals surface area contributed by atoms with Crippen molar-refractivity contribution in [3.05, 3.63) is 47.7 Å². The number of carbonyl (C=O) groups is 1. The number of nitrogens with one attached hydrogen (secondary N) is 1. The van der Waals surface area contributed by atoms with Gasteiger partial charge >= 0.3 is 0 Å². The number of amides is 1. The summed E-state index contributed by atoms with van der Waals surface area (Å²) < 4.78 is 7.38. The van der Waals surface area contributed by atoms with Gasteiger partial charge in [0.2, 0.25) is 0 Å². The normalized spacial score (nSPS) is 12.4. The summed E-state index contributed by atoms with van der Waals surface area (Å²) in [6.45, 7) is 4.17. The van der Waals surface area contributed by atoms with E-state index in [1.807, 2.05) is 22.8 Å². The molecule has 0 radical (unpaired) electrons. The van der Waals surface area contributed by atoms with Crippen molar-refractivity contribution < 1.29 is 9.21 Å². The summed E-state index contributed by atoms with van der Waals surface area (Å²) in [5, 5.41) is 0. The number of nitrogens with zero attached hydrogens (tertiary/aromatic N) is 1. The number of nitrogens with two attached hydrogens (primary N) is 1. The van der Waals surface area contributed by atoms with Gasteiger partial charge < -0.3 is 8.98 Å². The molecule has 0 unspecified atom stereocenters. The molecule has 1 atom stereocenters. The Morgan fingerprint density at radius 3 is 2.84 bits per heavy atom. The van der Waals surface area contributed by atoms with Gasteiger partial charge in [0.15, 0.2) is 0 Å². The molecule has 19 heavy (non-hydrogen) atoms. The SMILES string of the molecule is CC[C@@H](C)n1c(Cc2ccco2)ccc1C(=O)NN. The third-order valence-corrected chi connectivity index (χ3v) is 3.33. The van der Waals surface area contributed by atoms with Crippen molar-refractivity contribution >= 4 is 5.91 Å². The van der Waals surface area contributed by atoms with Crippen LogP contribution in [-0.2, 0) is 6.42 Å². The van der Waals surface area contributed by atoms with Crippen molar-refractivity contribution in [2.24, 2.45) is 5.84 Å². The molecule has 0 aliphatic rings. The highest BCUT2D eigenvalue weighted by molar-refractivity contribution is 5.92. The first kappa shape index (κ1) is 13.4. The Morgan fingerprint density at radius 2 is 2.26 bits per heavy atom. The van der Waals surface area contributed by atoms with Gasteiger partial charge in [-0.3, -0.25) is 10.2 Å². The standard InChI is InChI=1S/C14H19N3O2/c1-3-10(2)17-11(9-12-5-4-8-19-12)6-7-13(17)14(18)16-15/h4-8,10H,3,9,15H2,1-2H3,(H,16,18)/t10-/m1/s1. The number of hydrazine groups is 1. The van der Waals surface area contributed by atoms with E-state index < -0.39 is 0 Å². The molecule has 1 amide bonds. The average molecular weight is 261 g/mol. The van der Waals surface area contributed by atoms with Crippen LogP contribution >= 0.6 is 0 Å². The molecule has 2 aromatic rings. The van der Waals surface area contributed by atoms with E-state index >= 15 is 0 Å². The molecule has 5 nitrogen and oxygen atoms in total. The monoisotopic (exact) mass is 261 g/mol. The maximum atomic E-state index is 11.8. The lowest BCUT2D eigenvalue weighted by Gasteiger charge is -2.18. The number of aromatic nitrogens is 1. The van der Waals surface area contributed by atoms with E-state index in [9.17, 15) is 4.79 Å². The number of hydrogen-bond acceptors (Lipinski definition) is 3. The average Bonchev–Trinajstić information content (AvgIpc) is 3.07. The van der Waals surface area contributed by atoms with E-state index in [0.717, 1.165) is 17.9 Å². The summed E-state index contributed by atoms with van der Waals surface area (Å²) in [4.78, 5) is 11.8. The molecule has 0 bridgehead atoms. The van der Waals surface area contributed by atoms with Crippen LogP contribution in [0.2, 0.25) is 0 Å². The first-order valence-corrected chi connectivity index (χ1v) is 6.40. The first-order chi connectivity index (χ1) is 9.17. The van der Waals surface area contributed by atoms with Gasteiger partial charge in [-0.25, -0.2) is 5.84 Å². The minimum absolute atomic E-state index is 0.229. The second kappa shape index (κ2) is 5.75. The summed E-state index contributed by atoms with van der Waals surface area (Å²) in [7, 11) is 0. The second-order valence-corrected chi connectivity index (χ2v) is 4.57. The van der Waals surface area contributed by atoms with Gasteiger partial charge in [0.1, 0.15) is 11.5 Å². The summed E-state index contributed by atoms with van der Waals surface area (Å²) in [5.41, 5.74) is 3.82. The zero-order chi connectivity index (χ0) is 13.8. The van der Waals surface area contributed by atoms with Crippen molar-refractivity contribution in [3.63, 3.8) is 0 Å². The number of carbonyl (C=O) groups excluding carboxylic acids is 1. The molecule has 102 valence electrons. The van der Waals surface area contributed by atoms with Gasteiger partial charge in [-0.2, -0.15) is 0 Å². The highest BCUT2D eigenvalue weighted by Gasteiger charge is 2.18. The van der Waals surface area contributed by atoms with Crippen LogP contribution in [0.25, 0.3) is 0 Å². The van der Waals surface area contributed by atoms with Crippen LogP contribution in [0.3, 0.4) is 0 Å². The lowest BCUT2D eigenvalue weighted by molar-refractivity contribution is 0.0942. The molecule has 5 heteroatoms. The fourth-order valence-electron chi connectivity index (χ4n) is 2.19. The number of hydrogen-bond donors (Lipinski definition) is 2. The van der Waals surface area contributed by atoms with E-state index in [-0.39, 0.29) is 11.9 Å². The van der Waals surface area contributed by atoms with Crippen molar-refractivity contribution in [3.8, 4) is 0 Å². The minimum atomic E-state index is -0.272. The van der Waals surface area contributed by atoms with Crippen LogP contribution in [0.4, 0.5) is 0 Å². The molecule has 0 saturated heterocycles. The molecule has 2 rings (SSSR count). The zero-order valence-corrected chi connectivity index (χ0v) is 11.2. The fraction of sp³-hybridized carbons (Fsp3) is 0.357. The molecule has 0 fully saturated rings. The quantitative estimate of drug-likeness (QED) is 0.492. The molecule has 0 aliphatic heterocycles. The second-order valence-electron chi connectivity index (χ2n) is 4.57. The predicted molar refractivity (Wildman–Crippen MR) is 72.6 cm³/mol. The predicted octanol–water partition coefficient (Wildman–Crippen LogP) is 2.25. The number of furan rings is 1. The smallest absolute Gasteiger partial charge is 0.281 e. The van der Waals surface area contributed by atoms with E-state index in [1.165, 1.54) is 0 Å². The van der Waals surface area contributed by atoms with E-state index in [1.54, 1.807) is 12.3 Å². The molecule has 2 aromatic heterocycles. The van der Waals surface area contributed by atoms with Crippen LogP contribution in [0.5, 0.6) is 0 Å². The molecular formula is C14H19N3O2. The third-order valence-electron chi connectivity index (χ3n) is 3.33. The summed E-state index contributed by atoms with van der Waals surface area (Å²) in [6.07, 6.45) is 3.25. The van der Waals surface area contributed by atoms with Gasteiger partial charge in [0, 0.05) is 18.2 Å². The Labute approximate surface area is 112 Å². The van der Waals surface area contributed by atoms with Crippen molar-refractivity contribution in [1.82, 2.24) is 9.99 Å². The van der Waals surface area contributed by atoms with Gasteiger partial charge in [-0.05, 0) is 37.6 Å². The van der Waals surface area contributed by atoms with Crippen molar-refractivity contribution in [1.29, 1.82) is 0 Å².